The predicted molar refractivity (Wildman–Crippen MR) is 208 cm³/mol. The Hall–Kier alpha value is -5.95. The van der Waals surface area contributed by atoms with E-state index in [1.54, 1.807) is 0 Å². The summed E-state index contributed by atoms with van der Waals surface area (Å²) < 4.78 is 0. The summed E-state index contributed by atoms with van der Waals surface area (Å²) >= 11 is 0. The molecule has 1 aliphatic rings. The molecular weight excluding hydrogens is 812 g/mol. The first-order valence-electron chi connectivity index (χ1n) is 17.3. The second-order valence-electron chi connectivity index (χ2n) is 13.1. The van der Waals surface area contributed by atoms with Crippen LogP contribution in [0.25, 0.3) is 66.3 Å². The summed E-state index contributed by atoms with van der Waals surface area (Å²) in [6, 6.07) is 68.5. The number of nitrogens with zero attached hydrogens (tertiary/aromatic N) is 2. The van der Waals surface area contributed by atoms with E-state index in [0.717, 1.165) is 66.3 Å². The fraction of sp³-hybridized carbons (Fsp3) is 0.0204. The zero-order valence-electron chi connectivity index (χ0n) is 28.0. The Bertz CT molecular complexity index is 2710. The van der Waals surface area contributed by atoms with E-state index < -0.39 is 5.41 Å². The van der Waals surface area contributed by atoms with Crippen LogP contribution >= 0.6 is 0 Å². The fourth-order valence-corrected chi connectivity index (χ4v) is 8.14. The molecule has 0 unspecified atom stereocenters. The van der Waals surface area contributed by atoms with Gasteiger partial charge >= 0.3 is 21.1 Å². The van der Waals surface area contributed by atoms with Gasteiger partial charge in [0.2, 0.25) is 0 Å². The van der Waals surface area contributed by atoms with Crippen LogP contribution in [0.15, 0.2) is 182 Å². The van der Waals surface area contributed by atoms with Gasteiger partial charge in [0, 0.05) is 17.8 Å². The molecule has 9 aromatic rings. The Morgan fingerprint density at radius 1 is 0.404 bits per heavy atom. The second kappa shape index (κ2) is 13.0. The maximum atomic E-state index is 4.98. The van der Waals surface area contributed by atoms with Crippen molar-refractivity contribution in [3.8, 4) is 44.8 Å². The van der Waals surface area contributed by atoms with Gasteiger partial charge in [-0.25, -0.2) is 0 Å². The van der Waals surface area contributed by atoms with Crippen LogP contribution in [0.5, 0.6) is 0 Å². The van der Waals surface area contributed by atoms with Crippen molar-refractivity contribution in [3.05, 3.63) is 217 Å². The summed E-state index contributed by atoms with van der Waals surface area (Å²) in [4.78, 5) is 9.82. The molecule has 0 aliphatic heterocycles. The normalized spacial score (nSPS) is 12.6. The molecule has 2 aromatic heterocycles. The Kier molecular flexibility index (Phi) is 7.99. The molecule has 0 saturated heterocycles. The molecular formula is C49H30N2Pt. The number of aromatic nitrogens is 2. The van der Waals surface area contributed by atoms with E-state index in [0.29, 0.717) is 0 Å². The van der Waals surface area contributed by atoms with Crippen molar-refractivity contribution in [1.82, 2.24) is 9.97 Å². The smallest absolute Gasteiger partial charge is 0.305 e. The monoisotopic (exact) mass is 841 g/mol. The third kappa shape index (κ3) is 4.98. The van der Waals surface area contributed by atoms with Crippen LogP contribution in [0, 0.1) is 12.1 Å². The van der Waals surface area contributed by atoms with Crippen molar-refractivity contribution in [2.24, 2.45) is 0 Å². The van der Waals surface area contributed by atoms with Crippen molar-refractivity contribution in [1.29, 1.82) is 0 Å². The molecule has 2 heterocycles. The zero-order valence-corrected chi connectivity index (χ0v) is 30.3. The Morgan fingerprint density at radius 2 is 0.923 bits per heavy atom. The summed E-state index contributed by atoms with van der Waals surface area (Å²) in [5, 5.41) is 4.52. The number of benzene rings is 7. The van der Waals surface area contributed by atoms with Crippen LogP contribution in [-0.4, -0.2) is 9.97 Å². The standard InChI is InChI=1S/C49H30N2.Pt/c1-2-14-33(15-3-1)34-25-27-51-48(30-34)44-32-38(29-36-17-5-7-19-40(36)44)49(45-22-10-8-20-41(45)42-21-9-11-23-46(42)49)37-28-35-16-4-6-18-39(35)43(31-37)47-24-12-13-26-50-47;/h1-30H;/q-2;+2. The molecule has 0 spiro atoms. The van der Waals surface area contributed by atoms with Crippen molar-refractivity contribution in [2.45, 2.75) is 5.41 Å². The van der Waals surface area contributed by atoms with Crippen LogP contribution in [0.4, 0.5) is 0 Å². The van der Waals surface area contributed by atoms with Crippen LogP contribution in [0.3, 0.4) is 0 Å². The first-order valence-corrected chi connectivity index (χ1v) is 17.3. The zero-order chi connectivity index (χ0) is 33.8. The summed E-state index contributed by atoms with van der Waals surface area (Å²) in [6.07, 6.45) is 3.78. The van der Waals surface area contributed by atoms with Gasteiger partial charge in [-0.15, -0.1) is 57.3 Å². The van der Waals surface area contributed by atoms with E-state index >= 15 is 0 Å². The molecule has 7 aromatic carbocycles. The maximum Gasteiger partial charge on any atom is 2.00 e. The molecule has 0 N–H and O–H groups in total. The van der Waals surface area contributed by atoms with Gasteiger partial charge in [0.25, 0.3) is 0 Å². The largest absolute Gasteiger partial charge is 2.00 e. The summed E-state index contributed by atoms with van der Waals surface area (Å²) in [7, 11) is 0. The van der Waals surface area contributed by atoms with Gasteiger partial charge in [0.15, 0.2) is 0 Å². The van der Waals surface area contributed by atoms with E-state index in [9.17, 15) is 0 Å². The average Bonchev–Trinajstić information content (AvgIpc) is 3.52. The minimum Gasteiger partial charge on any atom is -0.305 e. The van der Waals surface area contributed by atoms with Crippen molar-refractivity contribution < 1.29 is 21.1 Å². The molecule has 0 fully saturated rings. The molecule has 3 heteroatoms. The molecule has 52 heavy (non-hydrogen) atoms. The molecule has 246 valence electrons. The number of rotatable bonds is 5. The SMILES string of the molecule is [Pt+2].[c-]1c(C2(c3[c-]c(-c4cc(-c5ccccc5)ccn4)c4ccccc4c3)c3ccccc3-c3ccccc32)cc2ccccc2c1-c1ccccn1. The van der Waals surface area contributed by atoms with E-state index in [1.165, 1.54) is 22.3 Å². The molecule has 0 atom stereocenters. The van der Waals surface area contributed by atoms with Crippen molar-refractivity contribution >= 4 is 21.5 Å². The van der Waals surface area contributed by atoms with Gasteiger partial charge in [0.1, 0.15) is 0 Å². The van der Waals surface area contributed by atoms with E-state index in [4.69, 9.17) is 9.97 Å². The minimum atomic E-state index is -0.726. The van der Waals surface area contributed by atoms with Crippen LogP contribution < -0.4 is 0 Å². The number of hydrogen-bond donors (Lipinski definition) is 0. The third-order valence-corrected chi connectivity index (χ3v) is 10.4. The quantitative estimate of drug-likeness (QED) is 0.161. The van der Waals surface area contributed by atoms with E-state index in [1.807, 2.05) is 24.5 Å². The van der Waals surface area contributed by atoms with Gasteiger partial charge in [-0.05, 0) is 56.9 Å². The molecule has 0 amide bonds. The first-order chi connectivity index (χ1) is 25.3. The minimum absolute atomic E-state index is 0. The Morgan fingerprint density at radius 3 is 1.54 bits per heavy atom. The number of hydrogen-bond acceptors (Lipinski definition) is 2. The van der Waals surface area contributed by atoms with Crippen LogP contribution in [0.2, 0.25) is 0 Å². The van der Waals surface area contributed by atoms with Gasteiger partial charge in [-0.1, -0.05) is 156 Å². The molecule has 1 aliphatic carbocycles. The second-order valence-corrected chi connectivity index (χ2v) is 13.1. The summed E-state index contributed by atoms with van der Waals surface area (Å²) in [5.74, 6) is 0. The topological polar surface area (TPSA) is 25.8 Å². The van der Waals surface area contributed by atoms with Gasteiger partial charge in [-0.3, -0.25) is 0 Å². The fourth-order valence-electron chi connectivity index (χ4n) is 8.14. The Labute approximate surface area is 317 Å². The number of fused-ring (bicyclic) bond motifs is 5. The van der Waals surface area contributed by atoms with Gasteiger partial charge < -0.3 is 9.97 Å². The maximum absolute atomic E-state index is 4.98. The van der Waals surface area contributed by atoms with Gasteiger partial charge in [0.05, 0.1) is 0 Å². The Balaban J connectivity index is 0.00000360. The van der Waals surface area contributed by atoms with E-state index in [2.05, 4.69) is 170 Å². The molecule has 10 rings (SSSR count). The van der Waals surface area contributed by atoms with Crippen molar-refractivity contribution in [2.75, 3.05) is 0 Å². The summed E-state index contributed by atoms with van der Waals surface area (Å²) in [5.41, 5.74) is 12.3. The molecule has 2 nitrogen and oxygen atoms in total. The predicted octanol–water partition coefficient (Wildman–Crippen LogP) is 11.7. The first kappa shape index (κ1) is 32.0. The number of pyridine rings is 2. The molecule has 0 saturated carbocycles. The summed E-state index contributed by atoms with van der Waals surface area (Å²) in [6.45, 7) is 0. The van der Waals surface area contributed by atoms with Gasteiger partial charge in [-0.2, -0.15) is 0 Å². The van der Waals surface area contributed by atoms with Crippen LogP contribution in [-0.2, 0) is 26.5 Å². The average molecular weight is 842 g/mol. The molecule has 0 bridgehead atoms. The third-order valence-electron chi connectivity index (χ3n) is 10.4. The van der Waals surface area contributed by atoms with Crippen molar-refractivity contribution in [3.63, 3.8) is 0 Å². The van der Waals surface area contributed by atoms with Crippen LogP contribution in [0.1, 0.15) is 22.3 Å². The molecule has 0 radical (unpaired) electrons. The van der Waals surface area contributed by atoms with E-state index in [-0.39, 0.29) is 21.1 Å².